The highest BCUT2D eigenvalue weighted by Gasteiger charge is 2.52. The Hall–Kier alpha value is -0.935. The minimum Gasteiger partial charge on any atom is -0.398 e. The lowest BCUT2D eigenvalue weighted by atomic mass is 9.84. The second-order valence-electron chi connectivity index (χ2n) is 6.13. The molecule has 1 aliphatic heterocycles. The van der Waals surface area contributed by atoms with Gasteiger partial charge in [0.25, 0.3) is 0 Å². The van der Waals surface area contributed by atoms with Crippen LogP contribution in [-0.2, 0) is 9.31 Å². The maximum atomic E-state index is 5.93. The molecule has 1 fully saturated rings. The summed E-state index contributed by atoms with van der Waals surface area (Å²) in [6.07, 6.45) is 0. The Bertz CT molecular complexity index is 413. The maximum Gasteiger partial charge on any atom is 0.516 e. The number of hydrogen-bond acceptors (Lipinski definition) is 4. The molecule has 0 aliphatic carbocycles. The lowest BCUT2D eigenvalue weighted by Gasteiger charge is -2.32. The standard InChI is InChI=1S/C13H21BN2O2/c1-9(2)10-7-8-11(16-15-10)14-17-12(3,4)13(5,6)18-14/h7-9H,1-6H3. The SMILES string of the molecule is CC(C)c1ccc(B2OC(C)(C)C(C)(C)O2)nn1. The minimum absolute atomic E-state index is 0.337. The number of aromatic nitrogens is 2. The van der Waals surface area contributed by atoms with Crippen molar-refractivity contribution in [3.63, 3.8) is 0 Å². The van der Waals surface area contributed by atoms with Crippen molar-refractivity contribution in [3.8, 4) is 0 Å². The molecule has 0 N–H and O–H groups in total. The van der Waals surface area contributed by atoms with E-state index in [4.69, 9.17) is 9.31 Å². The second-order valence-corrected chi connectivity index (χ2v) is 6.13. The highest BCUT2D eigenvalue weighted by Crippen LogP contribution is 2.36. The monoisotopic (exact) mass is 248 g/mol. The molecule has 98 valence electrons. The summed E-state index contributed by atoms with van der Waals surface area (Å²) in [6.45, 7) is 12.3. The van der Waals surface area contributed by atoms with E-state index in [0.717, 1.165) is 11.3 Å². The van der Waals surface area contributed by atoms with Crippen molar-refractivity contribution in [2.75, 3.05) is 0 Å². The van der Waals surface area contributed by atoms with Gasteiger partial charge in [0, 0.05) is 0 Å². The number of nitrogens with zero attached hydrogens (tertiary/aromatic N) is 2. The van der Waals surface area contributed by atoms with Crippen LogP contribution in [0.2, 0.25) is 0 Å². The van der Waals surface area contributed by atoms with E-state index in [0.29, 0.717) is 5.92 Å². The molecular formula is C13H21BN2O2. The van der Waals surface area contributed by atoms with E-state index < -0.39 is 7.12 Å². The Kier molecular flexibility index (Phi) is 3.24. The van der Waals surface area contributed by atoms with Crippen LogP contribution in [0.5, 0.6) is 0 Å². The highest BCUT2D eigenvalue weighted by molar-refractivity contribution is 6.61. The number of hydrogen-bond donors (Lipinski definition) is 0. The van der Waals surface area contributed by atoms with Crippen LogP contribution in [0.25, 0.3) is 0 Å². The molecule has 0 radical (unpaired) electrons. The first-order valence-corrected chi connectivity index (χ1v) is 6.42. The predicted octanol–water partition coefficient (Wildman–Crippen LogP) is 1.90. The highest BCUT2D eigenvalue weighted by atomic mass is 16.7. The molecule has 0 amide bonds. The molecule has 0 bridgehead atoms. The lowest BCUT2D eigenvalue weighted by Crippen LogP contribution is -2.41. The van der Waals surface area contributed by atoms with Crippen molar-refractivity contribution in [1.29, 1.82) is 0 Å². The van der Waals surface area contributed by atoms with Gasteiger partial charge in [-0.25, -0.2) is 0 Å². The van der Waals surface area contributed by atoms with Crippen molar-refractivity contribution < 1.29 is 9.31 Å². The van der Waals surface area contributed by atoms with E-state index in [1.54, 1.807) is 0 Å². The smallest absolute Gasteiger partial charge is 0.398 e. The Morgan fingerprint density at radius 3 is 1.94 bits per heavy atom. The van der Waals surface area contributed by atoms with Crippen molar-refractivity contribution >= 4 is 12.7 Å². The molecule has 1 aliphatic rings. The van der Waals surface area contributed by atoms with Gasteiger partial charge in [0.05, 0.1) is 22.5 Å². The third-order valence-corrected chi connectivity index (χ3v) is 3.79. The van der Waals surface area contributed by atoms with E-state index in [-0.39, 0.29) is 11.2 Å². The molecule has 0 spiro atoms. The zero-order valence-electron chi connectivity index (χ0n) is 12.0. The molecule has 1 aromatic rings. The molecule has 4 nitrogen and oxygen atoms in total. The molecule has 1 aromatic heterocycles. The predicted molar refractivity (Wildman–Crippen MR) is 71.8 cm³/mol. The Morgan fingerprint density at radius 1 is 1.00 bits per heavy atom. The van der Waals surface area contributed by atoms with Gasteiger partial charge in [0.1, 0.15) is 0 Å². The Morgan fingerprint density at radius 2 is 1.56 bits per heavy atom. The fraction of sp³-hybridized carbons (Fsp3) is 0.692. The molecule has 2 heterocycles. The minimum atomic E-state index is -0.427. The maximum absolute atomic E-state index is 5.93. The van der Waals surface area contributed by atoms with Gasteiger partial charge in [-0.1, -0.05) is 13.8 Å². The average molecular weight is 248 g/mol. The summed E-state index contributed by atoms with van der Waals surface area (Å²) in [7, 11) is -0.427. The average Bonchev–Trinajstić information content (AvgIpc) is 2.48. The van der Waals surface area contributed by atoms with Gasteiger partial charge in [-0.15, -0.1) is 0 Å². The molecule has 5 heteroatoms. The van der Waals surface area contributed by atoms with E-state index in [2.05, 4.69) is 24.0 Å². The summed E-state index contributed by atoms with van der Waals surface area (Å²) >= 11 is 0. The molecule has 0 aromatic carbocycles. The summed E-state index contributed by atoms with van der Waals surface area (Å²) < 4.78 is 11.9. The summed E-state index contributed by atoms with van der Waals surface area (Å²) in [5.41, 5.74) is 1.04. The van der Waals surface area contributed by atoms with Crippen LogP contribution < -0.4 is 5.59 Å². The van der Waals surface area contributed by atoms with Gasteiger partial charge >= 0.3 is 7.12 Å². The molecule has 0 unspecified atom stereocenters. The molecule has 0 saturated carbocycles. The quantitative estimate of drug-likeness (QED) is 0.750. The normalized spacial score (nSPS) is 21.6. The zero-order valence-corrected chi connectivity index (χ0v) is 12.0. The van der Waals surface area contributed by atoms with Crippen LogP contribution in [0, 0.1) is 0 Å². The summed E-state index contributed by atoms with van der Waals surface area (Å²) in [5.74, 6) is 0.379. The topological polar surface area (TPSA) is 44.2 Å². The fourth-order valence-electron chi connectivity index (χ4n) is 1.75. The fourth-order valence-corrected chi connectivity index (χ4v) is 1.75. The largest absolute Gasteiger partial charge is 0.516 e. The van der Waals surface area contributed by atoms with Crippen LogP contribution in [0.4, 0.5) is 0 Å². The van der Waals surface area contributed by atoms with Crippen LogP contribution in [0.1, 0.15) is 53.2 Å². The summed E-state index contributed by atoms with van der Waals surface area (Å²) in [5, 5.41) is 8.42. The second kappa shape index (κ2) is 4.32. The summed E-state index contributed by atoms with van der Waals surface area (Å²) in [4.78, 5) is 0. The molecule has 0 atom stereocenters. The van der Waals surface area contributed by atoms with Crippen molar-refractivity contribution in [2.24, 2.45) is 0 Å². The first-order chi connectivity index (χ1) is 8.23. The van der Waals surface area contributed by atoms with Crippen LogP contribution >= 0.6 is 0 Å². The van der Waals surface area contributed by atoms with E-state index in [1.165, 1.54) is 0 Å². The van der Waals surface area contributed by atoms with Crippen molar-refractivity contribution in [2.45, 2.75) is 58.7 Å². The van der Waals surface area contributed by atoms with E-state index in [1.807, 2.05) is 39.8 Å². The van der Waals surface area contributed by atoms with Crippen molar-refractivity contribution in [1.82, 2.24) is 10.2 Å². The summed E-state index contributed by atoms with van der Waals surface area (Å²) in [6, 6.07) is 3.92. The van der Waals surface area contributed by atoms with Gasteiger partial charge in [0.2, 0.25) is 0 Å². The van der Waals surface area contributed by atoms with Crippen LogP contribution in [0.15, 0.2) is 12.1 Å². The van der Waals surface area contributed by atoms with Crippen molar-refractivity contribution in [3.05, 3.63) is 17.8 Å². The lowest BCUT2D eigenvalue weighted by molar-refractivity contribution is 0.00578. The molecule has 18 heavy (non-hydrogen) atoms. The molecular weight excluding hydrogens is 227 g/mol. The van der Waals surface area contributed by atoms with Gasteiger partial charge in [-0.3, -0.25) is 0 Å². The van der Waals surface area contributed by atoms with E-state index >= 15 is 0 Å². The van der Waals surface area contributed by atoms with Gasteiger partial charge < -0.3 is 9.31 Å². The van der Waals surface area contributed by atoms with Crippen LogP contribution in [0.3, 0.4) is 0 Å². The third-order valence-electron chi connectivity index (χ3n) is 3.79. The first-order valence-electron chi connectivity index (χ1n) is 6.42. The Labute approximate surface area is 109 Å². The molecule has 1 saturated heterocycles. The zero-order chi connectivity index (χ0) is 13.6. The van der Waals surface area contributed by atoms with E-state index in [9.17, 15) is 0 Å². The van der Waals surface area contributed by atoms with Crippen LogP contribution in [-0.4, -0.2) is 28.5 Å². The van der Waals surface area contributed by atoms with Gasteiger partial charge in [-0.2, -0.15) is 10.2 Å². The van der Waals surface area contributed by atoms with Gasteiger partial charge in [0.15, 0.2) is 0 Å². The first kappa shape index (κ1) is 13.5. The Balaban J connectivity index is 2.19. The third kappa shape index (κ3) is 2.29. The number of rotatable bonds is 2. The van der Waals surface area contributed by atoms with Gasteiger partial charge in [-0.05, 0) is 45.7 Å². The molecule has 2 rings (SSSR count).